The zero-order valence-electron chi connectivity index (χ0n) is 15.0. The summed E-state index contributed by atoms with van der Waals surface area (Å²) in [4.78, 5) is 16.2. The first kappa shape index (κ1) is 21.8. The number of nitriles is 1. The van der Waals surface area contributed by atoms with Crippen LogP contribution in [-0.4, -0.2) is 35.9 Å². The third-order valence-electron chi connectivity index (χ3n) is 3.49. The molecule has 0 radical (unpaired) electrons. The molecule has 0 spiro atoms. The second-order valence-electron chi connectivity index (χ2n) is 5.50. The van der Waals surface area contributed by atoms with Crippen molar-refractivity contribution in [2.75, 3.05) is 13.7 Å². The average Bonchev–Trinajstić information content (AvgIpc) is 2.66. The van der Waals surface area contributed by atoms with Crippen LogP contribution >= 0.6 is 31.9 Å². The number of aromatic nitrogens is 1. The van der Waals surface area contributed by atoms with E-state index in [1.54, 1.807) is 19.1 Å². The Kier molecular flexibility index (Phi) is 7.92. The lowest BCUT2D eigenvalue weighted by atomic mass is 10.1. The highest BCUT2D eigenvalue weighted by Gasteiger charge is 2.18. The van der Waals surface area contributed by atoms with Gasteiger partial charge in [0.1, 0.15) is 17.4 Å². The molecule has 2 rings (SSSR count). The number of ether oxygens (including phenoxy) is 2. The number of phenols is 1. The number of benzene rings is 1. The minimum Gasteiger partial charge on any atom is -0.507 e. The number of halogens is 2. The molecule has 146 valence electrons. The van der Waals surface area contributed by atoms with Gasteiger partial charge in [-0.2, -0.15) is 10.4 Å². The fourth-order valence-electron chi connectivity index (χ4n) is 2.18. The molecule has 0 saturated carbocycles. The highest BCUT2D eigenvalue weighted by Crippen LogP contribution is 2.29. The van der Waals surface area contributed by atoms with Gasteiger partial charge in [0.25, 0.3) is 5.91 Å². The number of aromatic hydroxyl groups is 1. The normalized spacial score (nSPS) is 10.7. The van der Waals surface area contributed by atoms with E-state index < -0.39 is 12.5 Å². The molecule has 0 atom stereocenters. The summed E-state index contributed by atoms with van der Waals surface area (Å²) in [6.45, 7) is 1.54. The Labute approximate surface area is 178 Å². The van der Waals surface area contributed by atoms with Crippen LogP contribution in [0.3, 0.4) is 0 Å². The van der Waals surface area contributed by atoms with Gasteiger partial charge in [-0.15, -0.1) is 0 Å². The number of aryl methyl sites for hydroxylation is 1. The van der Waals surface area contributed by atoms with Crippen molar-refractivity contribution < 1.29 is 19.4 Å². The number of nitrogens with zero attached hydrogens (tertiary/aromatic N) is 3. The van der Waals surface area contributed by atoms with Crippen molar-refractivity contribution in [3.63, 3.8) is 0 Å². The Hall–Kier alpha value is -2.48. The van der Waals surface area contributed by atoms with Crippen LogP contribution in [-0.2, 0) is 16.1 Å². The fraction of sp³-hybridized carbons (Fsp3) is 0.222. The minimum atomic E-state index is -0.551. The Morgan fingerprint density at radius 1 is 1.46 bits per heavy atom. The molecule has 1 heterocycles. The smallest absolute Gasteiger partial charge is 0.278 e. The lowest BCUT2D eigenvalue weighted by molar-refractivity contribution is -0.123. The van der Waals surface area contributed by atoms with E-state index in [-0.39, 0.29) is 23.8 Å². The van der Waals surface area contributed by atoms with Crippen LogP contribution in [0.5, 0.6) is 11.6 Å². The van der Waals surface area contributed by atoms with E-state index in [0.717, 1.165) is 4.47 Å². The molecule has 1 aromatic heterocycles. The van der Waals surface area contributed by atoms with E-state index in [4.69, 9.17) is 9.47 Å². The molecule has 1 amide bonds. The summed E-state index contributed by atoms with van der Waals surface area (Å²) in [6, 6.07) is 6.85. The summed E-state index contributed by atoms with van der Waals surface area (Å²) in [5, 5.41) is 22.9. The van der Waals surface area contributed by atoms with Crippen LogP contribution in [0.4, 0.5) is 0 Å². The number of carbonyl (C=O) groups is 1. The maximum absolute atomic E-state index is 12.0. The molecule has 0 bridgehead atoms. The second kappa shape index (κ2) is 10.2. The van der Waals surface area contributed by atoms with E-state index in [1.165, 1.54) is 19.4 Å². The van der Waals surface area contributed by atoms with Gasteiger partial charge in [0.2, 0.25) is 5.88 Å². The number of hydrazone groups is 1. The van der Waals surface area contributed by atoms with Crippen molar-refractivity contribution in [1.82, 2.24) is 10.4 Å². The number of pyridine rings is 1. The Bertz CT molecular complexity index is 958. The molecule has 28 heavy (non-hydrogen) atoms. The first-order chi connectivity index (χ1) is 13.4. The van der Waals surface area contributed by atoms with Crippen LogP contribution in [0.1, 0.15) is 22.4 Å². The zero-order valence-corrected chi connectivity index (χ0v) is 18.2. The Balaban J connectivity index is 2.06. The summed E-state index contributed by atoms with van der Waals surface area (Å²) < 4.78 is 11.9. The number of nitrogens with one attached hydrogen (secondary N) is 1. The predicted molar refractivity (Wildman–Crippen MR) is 109 cm³/mol. The summed E-state index contributed by atoms with van der Waals surface area (Å²) in [5.41, 5.74) is 4.10. The average molecular weight is 512 g/mol. The molecular weight excluding hydrogens is 496 g/mol. The van der Waals surface area contributed by atoms with Crippen molar-refractivity contribution in [2.24, 2.45) is 5.10 Å². The Morgan fingerprint density at radius 2 is 2.21 bits per heavy atom. The van der Waals surface area contributed by atoms with Gasteiger partial charge in [0, 0.05) is 27.2 Å². The van der Waals surface area contributed by atoms with Gasteiger partial charge in [-0.1, -0.05) is 15.9 Å². The molecule has 0 unspecified atom stereocenters. The molecule has 0 aliphatic rings. The molecule has 1 aromatic carbocycles. The highest BCUT2D eigenvalue weighted by atomic mass is 79.9. The second-order valence-corrected chi connectivity index (χ2v) is 7.21. The van der Waals surface area contributed by atoms with Gasteiger partial charge in [-0.25, -0.2) is 10.4 Å². The van der Waals surface area contributed by atoms with Crippen molar-refractivity contribution in [3.05, 3.63) is 49.5 Å². The first-order valence-corrected chi connectivity index (χ1v) is 9.47. The van der Waals surface area contributed by atoms with Gasteiger partial charge < -0.3 is 14.6 Å². The number of hydrogen-bond donors (Lipinski definition) is 2. The lowest BCUT2D eigenvalue weighted by Gasteiger charge is -2.13. The quantitative estimate of drug-likeness (QED) is 0.435. The van der Waals surface area contributed by atoms with E-state index in [2.05, 4.69) is 47.4 Å². The standard InChI is InChI=1S/C18H16Br2N4O4/c1-10-17(20)14(8-27-2)13(6-21)18(23-10)28-9-16(26)24-22-7-11-5-12(19)3-4-15(11)25/h3-5,7,25H,8-9H2,1-2H3,(H,24,26). The van der Waals surface area contributed by atoms with E-state index in [0.29, 0.717) is 21.3 Å². The molecule has 2 aromatic rings. The van der Waals surface area contributed by atoms with Crippen LogP contribution in [0.2, 0.25) is 0 Å². The zero-order chi connectivity index (χ0) is 20.7. The van der Waals surface area contributed by atoms with E-state index >= 15 is 0 Å². The predicted octanol–water partition coefficient (Wildman–Crippen LogP) is 3.17. The number of rotatable bonds is 7. The molecular formula is C18H16Br2N4O4. The fourth-order valence-corrected chi connectivity index (χ4v) is 2.96. The summed E-state index contributed by atoms with van der Waals surface area (Å²) in [7, 11) is 1.51. The summed E-state index contributed by atoms with van der Waals surface area (Å²) in [6.07, 6.45) is 1.30. The molecule has 2 N–H and O–H groups in total. The van der Waals surface area contributed by atoms with Crippen LogP contribution in [0, 0.1) is 18.3 Å². The van der Waals surface area contributed by atoms with Gasteiger partial charge in [0.05, 0.1) is 18.5 Å². The van der Waals surface area contributed by atoms with Gasteiger partial charge >= 0.3 is 0 Å². The number of phenolic OH excluding ortho intramolecular Hbond substituents is 1. The minimum absolute atomic E-state index is 0.0244. The maximum Gasteiger partial charge on any atom is 0.278 e. The number of amides is 1. The molecule has 0 fully saturated rings. The van der Waals surface area contributed by atoms with Crippen LogP contribution < -0.4 is 10.2 Å². The summed E-state index contributed by atoms with van der Waals surface area (Å²) >= 11 is 6.67. The lowest BCUT2D eigenvalue weighted by Crippen LogP contribution is -2.25. The number of carbonyl (C=O) groups excluding carboxylic acids is 1. The van der Waals surface area contributed by atoms with Crippen molar-refractivity contribution in [1.29, 1.82) is 5.26 Å². The SMILES string of the molecule is COCc1c(Br)c(C)nc(OCC(=O)NN=Cc2cc(Br)ccc2O)c1C#N. The van der Waals surface area contributed by atoms with Crippen molar-refractivity contribution in [3.8, 4) is 17.7 Å². The third kappa shape index (κ3) is 5.51. The monoisotopic (exact) mass is 510 g/mol. The number of methoxy groups -OCH3 is 1. The molecule has 0 aliphatic heterocycles. The first-order valence-electron chi connectivity index (χ1n) is 7.88. The molecule has 0 saturated heterocycles. The molecule has 10 heteroatoms. The van der Waals surface area contributed by atoms with Crippen LogP contribution in [0.25, 0.3) is 0 Å². The van der Waals surface area contributed by atoms with E-state index in [1.807, 2.05) is 6.07 Å². The largest absolute Gasteiger partial charge is 0.507 e. The highest BCUT2D eigenvalue weighted by molar-refractivity contribution is 9.10. The van der Waals surface area contributed by atoms with Crippen LogP contribution in [0.15, 0.2) is 32.2 Å². The topological polar surface area (TPSA) is 117 Å². The number of hydrogen-bond acceptors (Lipinski definition) is 7. The summed E-state index contributed by atoms with van der Waals surface area (Å²) in [5.74, 6) is -0.486. The maximum atomic E-state index is 12.0. The van der Waals surface area contributed by atoms with Gasteiger partial charge in [0.15, 0.2) is 6.61 Å². The Morgan fingerprint density at radius 3 is 2.89 bits per heavy atom. The van der Waals surface area contributed by atoms with Gasteiger partial charge in [-0.05, 0) is 41.1 Å². The van der Waals surface area contributed by atoms with E-state index in [9.17, 15) is 15.2 Å². The molecule has 8 nitrogen and oxygen atoms in total. The van der Waals surface area contributed by atoms with Crippen molar-refractivity contribution in [2.45, 2.75) is 13.5 Å². The molecule has 0 aliphatic carbocycles. The van der Waals surface area contributed by atoms with Gasteiger partial charge in [-0.3, -0.25) is 4.79 Å². The van der Waals surface area contributed by atoms with Crippen molar-refractivity contribution >= 4 is 44.0 Å². The third-order valence-corrected chi connectivity index (χ3v) is 5.04.